The van der Waals surface area contributed by atoms with Crippen molar-refractivity contribution in [3.05, 3.63) is 30.2 Å². The van der Waals surface area contributed by atoms with Gasteiger partial charge in [0.25, 0.3) is 0 Å². The molecule has 0 amide bonds. The molecule has 0 saturated carbocycles. The van der Waals surface area contributed by atoms with Crippen molar-refractivity contribution in [2.45, 2.75) is 46.0 Å². The van der Waals surface area contributed by atoms with Crippen LogP contribution in [0.4, 0.5) is 0 Å². The molecular formula is C21H35N3O3S. The lowest BCUT2D eigenvalue weighted by Crippen LogP contribution is -2.15. The van der Waals surface area contributed by atoms with Crippen LogP contribution in [0.2, 0.25) is 0 Å². The van der Waals surface area contributed by atoms with E-state index in [9.17, 15) is 0 Å². The Morgan fingerprint density at radius 1 is 1.07 bits per heavy atom. The average Bonchev–Trinajstić information content (AvgIpc) is 3.15. The number of benzene rings is 1. The van der Waals surface area contributed by atoms with Crippen molar-refractivity contribution in [3.8, 4) is 17.2 Å². The molecule has 158 valence electrons. The Hall–Kier alpha value is -1.57. The molecule has 0 atom stereocenters. The summed E-state index contributed by atoms with van der Waals surface area (Å²) in [7, 11) is 4.12. The van der Waals surface area contributed by atoms with Crippen molar-refractivity contribution in [2.24, 2.45) is 0 Å². The molecule has 0 unspecified atom stereocenters. The number of rotatable bonds is 12. The number of aromatic nitrogens is 2. The Kier molecular flexibility index (Phi) is 12.6. The van der Waals surface area contributed by atoms with E-state index >= 15 is 0 Å². The molecular weight excluding hydrogens is 374 g/mol. The van der Waals surface area contributed by atoms with Gasteiger partial charge in [0.05, 0.1) is 25.1 Å². The van der Waals surface area contributed by atoms with E-state index in [4.69, 9.17) is 13.9 Å². The molecule has 0 radical (unpaired) electrons. The van der Waals surface area contributed by atoms with E-state index in [-0.39, 0.29) is 6.10 Å². The Morgan fingerprint density at radius 2 is 1.79 bits per heavy atom. The molecule has 0 aliphatic heterocycles. The molecule has 0 spiro atoms. The highest BCUT2D eigenvalue weighted by Gasteiger charge is 2.09. The summed E-state index contributed by atoms with van der Waals surface area (Å²) in [6.07, 6.45) is 1.27. The molecule has 1 aromatic carbocycles. The minimum absolute atomic E-state index is 0.269. The average molecular weight is 410 g/mol. The number of nitrogens with zero attached hydrogens (tertiary/aromatic N) is 3. The van der Waals surface area contributed by atoms with Gasteiger partial charge in [-0.05, 0) is 58.6 Å². The first-order valence-electron chi connectivity index (χ1n) is 9.94. The van der Waals surface area contributed by atoms with Crippen molar-refractivity contribution in [2.75, 3.05) is 39.6 Å². The summed E-state index contributed by atoms with van der Waals surface area (Å²) >= 11 is 1.73. The van der Waals surface area contributed by atoms with Crippen molar-refractivity contribution in [1.82, 2.24) is 15.1 Å². The molecule has 0 saturated heterocycles. The van der Waals surface area contributed by atoms with Crippen LogP contribution in [0.25, 0.3) is 11.5 Å². The fourth-order valence-corrected chi connectivity index (χ4v) is 2.85. The van der Waals surface area contributed by atoms with E-state index in [2.05, 4.69) is 29.2 Å². The normalized spacial score (nSPS) is 10.9. The van der Waals surface area contributed by atoms with Crippen LogP contribution < -0.4 is 4.74 Å². The van der Waals surface area contributed by atoms with Gasteiger partial charge >= 0.3 is 0 Å². The second-order valence-corrected chi connectivity index (χ2v) is 7.61. The summed E-state index contributed by atoms with van der Waals surface area (Å²) < 4.78 is 17.0. The highest BCUT2D eigenvalue weighted by molar-refractivity contribution is 7.98. The Labute approximate surface area is 174 Å². The highest BCUT2D eigenvalue weighted by Crippen LogP contribution is 2.22. The number of hydrogen-bond donors (Lipinski definition) is 0. The first-order valence-corrected chi connectivity index (χ1v) is 11.1. The van der Waals surface area contributed by atoms with Gasteiger partial charge in [-0.15, -0.1) is 22.0 Å². The fourth-order valence-electron chi connectivity index (χ4n) is 2.20. The van der Waals surface area contributed by atoms with Gasteiger partial charge in [-0.3, -0.25) is 0 Å². The lowest BCUT2D eigenvalue weighted by molar-refractivity contribution is 0.0920. The van der Waals surface area contributed by atoms with E-state index in [0.29, 0.717) is 24.1 Å². The molecule has 0 fully saturated rings. The Bertz CT molecular complexity index is 630. The molecule has 0 aliphatic carbocycles. The second-order valence-electron chi connectivity index (χ2n) is 6.50. The molecule has 6 nitrogen and oxygen atoms in total. The molecule has 0 N–H and O–H groups in total. The van der Waals surface area contributed by atoms with Gasteiger partial charge in [-0.25, -0.2) is 0 Å². The zero-order chi connectivity index (χ0) is 20.8. The number of thioether (sulfide) groups is 1. The molecule has 1 aromatic heterocycles. The van der Waals surface area contributed by atoms with E-state index in [1.807, 2.05) is 52.0 Å². The summed E-state index contributed by atoms with van der Waals surface area (Å²) in [5.74, 6) is 3.64. The van der Waals surface area contributed by atoms with E-state index in [1.165, 1.54) is 0 Å². The lowest BCUT2D eigenvalue weighted by Gasteiger charge is -2.10. The second kappa shape index (κ2) is 14.4. The third-order valence-corrected chi connectivity index (χ3v) is 4.40. The van der Waals surface area contributed by atoms with Crippen LogP contribution in [0.1, 0.15) is 40.0 Å². The Morgan fingerprint density at radius 3 is 2.43 bits per heavy atom. The van der Waals surface area contributed by atoms with E-state index < -0.39 is 0 Å². The molecule has 7 heteroatoms. The summed E-state index contributed by atoms with van der Waals surface area (Å²) in [6.45, 7) is 10.5. The fraction of sp³-hybridized carbons (Fsp3) is 0.619. The summed E-state index contributed by atoms with van der Waals surface area (Å²) in [4.78, 5) is 2.15. The molecule has 0 aliphatic rings. The summed E-state index contributed by atoms with van der Waals surface area (Å²) in [6, 6.07) is 7.77. The molecule has 2 aromatic rings. The monoisotopic (exact) mass is 409 g/mol. The lowest BCUT2D eigenvalue weighted by atomic mass is 10.2. The van der Waals surface area contributed by atoms with Crippen LogP contribution in [0, 0.1) is 0 Å². The zero-order valence-corrected chi connectivity index (χ0v) is 18.9. The van der Waals surface area contributed by atoms with Crippen LogP contribution in [0.5, 0.6) is 5.75 Å². The van der Waals surface area contributed by atoms with Gasteiger partial charge in [-0.1, -0.05) is 13.8 Å². The standard InChI is InChI=1S/C19H29N3O3S.C2H6/c1-15(2)23-12-13-26-14-18-20-21-19(25-18)16-6-8-17(9-7-16)24-11-5-10-22(3)4;1-2/h6-9,15H,5,10-14H2,1-4H3;1-2H3. The summed E-state index contributed by atoms with van der Waals surface area (Å²) in [5.41, 5.74) is 0.900. The SMILES string of the molecule is CC.CC(C)OCCSCc1nnc(-c2ccc(OCCCN(C)C)cc2)o1. The third-order valence-electron chi connectivity index (χ3n) is 3.49. The first-order chi connectivity index (χ1) is 13.5. The van der Waals surface area contributed by atoms with Crippen molar-refractivity contribution in [3.63, 3.8) is 0 Å². The minimum Gasteiger partial charge on any atom is -0.494 e. The minimum atomic E-state index is 0.269. The van der Waals surface area contributed by atoms with E-state index in [1.54, 1.807) is 11.8 Å². The van der Waals surface area contributed by atoms with Crippen LogP contribution in [-0.4, -0.2) is 60.8 Å². The van der Waals surface area contributed by atoms with Crippen LogP contribution in [0.15, 0.2) is 28.7 Å². The van der Waals surface area contributed by atoms with Gasteiger partial charge in [0.2, 0.25) is 11.8 Å². The number of hydrogen-bond acceptors (Lipinski definition) is 7. The molecule has 28 heavy (non-hydrogen) atoms. The molecule has 1 heterocycles. The van der Waals surface area contributed by atoms with Crippen molar-refractivity contribution in [1.29, 1.82) is 0 Å². The predicted molar refractivity (Wildman–Crippen MR) is 117 cm³/mol. The zero-order valence-electron chi connectivity index (χ0n) is 18.1. The maximum Gasteiger partial charge on any atom is 0.247 e. The van der Waals surface area contributed by atoms with Gasteiger partial charge in [0.1, 0.15) is 5.75 Å². The molecule has 0 bridgehead atoms. The van der Waals surface area contributed by atoms with Crippen molar-refractivity contribution < 1.29 is 13.9 Å². The largest absolute Gasteiger partial charge is 0.494 e. The smallest absolute Gasteiger partial charge is 0.247 e. The van der Waals surface area contributed by atoms with Crippen LogP contribution in [-0.2, 0) is 10.5 Å². The first kappa shape index (κ1) is 24.5. The van der Waals surface area contributed by atoms with Crippen LogP contribution >= 0.6 is 11.8 Å². The van der Waals surface area contributed by atoms with Gasteiger partial charge in [0.15, 0.2) is 0 Å². The maximum absolute atomic E-state index is 5.74. The van der Waals surface area contributed by atoms with E-state index in [0.717, 1.165) is 36.6 Å². The van der Waals surface area contributed by atoms with Crippen LogP contribution in [0.3, 0.4) is 0 Å². The highest BCUT2D eigenvalue weighted by atomic mass is 32.2. The van der Waals surface area contributed by atoms with Gasteiger partial charge < -0.3 is 18.8 Å². The quantitative estimate of drug-likeness (QED) is 0.469. The summed E-state index contributed by atoms with van der Waals surface area (Å²) in [5, 5.41) is 8.24. The Balaban J connectivity index is 0.00000190. The molecule has 2 rings (SSSR count). The third kappa shape index (κ3) is 10.1. The van der Waals surface area contributed by atoms with Gasteiger partial charge in [0, 0.05) is 17.9 Å². The predicted octanol–water partition coefficient (Wildman–Crippen LogP) is 4.75. The maximum atomic E-state index is 5.74. The number of ether oxygens (including phenoxy) is 2. The van der Waals surface area contributed by atoms with Crippen molar-refractivity contribution >= 4 is 11.8 Å². The van der Waals surface area contributed by atoms with Gasteiger partial charge in [-0.2, -0.15) is 0 Å². The topological polar surface area (TPSA) is 60.6 Å².